The van der Waals surface area contributed by atoms with Crippen LogP contribution in [0.25, 0.3) is 0 Å². The van der Waals surface area contributed by atoms with E-state index in [1.165, 1.54) is 18.5 Å². The Hall–Kier alpha value is -2.44. The molecule has 2 rings (SSSR count). The molecule has 0 fully saturated rings. The number of benzene rings is 1. The molecule has 1 heterocycles. The molecule has 0 aliphatic heterocycles. The molecule has 0 amide bonds. The predicted octanol–water partition coefficient (Wildman–Crippen LogP) is 2.92. The fourth-order valence-corrected chi connectivity index (χ4v) is 1.43. The van der Waals surface area contributed by atoms with Crippen molar-refractivity contribution >= 4 is 5.69 Å². The number of hydrogen-bond donors (Lipinski definition) is 1. The van der Waals surface area contributed by atoms with E-state index in [1.807, 2.05) is 0 Å². The maximum atomic E-state index is 13.5. The number of anilines is 1. The molecular formula is C13H13F2N3O2. The third-order valence-corrected chi connectivity index (χ3v) is 2.28. The summed E-state index contributed by atoms with van der Waals surface area (Å²) in [5.41, 5.74) is 5.79. The first-order chi connectivity index (χ1) is 9.49. The lowest BCUT2D eigenvalue weighted by molar-refractivity contribution is 0.232. The molecule has 2 N–H and O–H groups in total. The van der Waals surface area contributed by atoms with E-state index < -0.39 is 11.6 Å². The van der Waals surface area contributed by atoms with Crippen LogP contribution in [-0.4, -0.2) is 16.1 Å². The average Bonchev–Trinajstić information content (AvgIpc) is 2.39. The van der Waals surface area contributed by atoms with E-state index in [0.29, 0.717) is 0 Å². The Balaban J connectivity index is 2.32. The Labute approximate surface area is 114 Å². The smallest absolute Gasteiger partial charge is 0.249 e. The standard InChI is InChI=1S/C13H13F2N3O2/c1-7(2)19-12-11(16)13(18-6-17-12)20-9-5-3-4-8(14)10(9)15/h3-7H,16H2,1-2H3. The van der Waals surface area contributed by atoms with E-state index in [4.69, 9.17) is 15.2 Å². The molecule has 0 radical (unpaired) electrons. The normalized spacial score (nSPS) is 10.7. The van der Waals surface area contributed by atoms with Gasteiger partial charge in [0.1, 0.15) is 6.33 Å². The van der Waals surface area contributed by atoms with Crippen molar-refractivity contribution < 1.29 is 18.3 Å². The van der Waals surface area contributed by atoms with Gasteiger partial charge in [-0.25, -0.2) is 4.39 Å². The summed E-state index contributed by atoms with van der Waals surface area (Å²) in [4.78, 5) is 7.64. The van der Waals surface area contributed by atoms with Gasteiger partial charge >= 0.3 is 0 Å². The Morgan fingerprint density at radius 2 is 1.85 bits per heavy atom. The first-order valence-corrected chi connectivity index (χ1v) is 5.88. The third-order valence-electron chi connectivity index (χ3n) is 2.28. The van der Waals surface area contributed by atoms with Crippen LogP contribution in [0, 0.1) is 11.6 Å². The zero-order valence-corrected chi connectivity index (χ0v) is 10.9. The maximum Gasteiger partial charge on any atom is 0.249 e. The number of nitrogen functional groups attached to an aromatic ring is 1. The average molecular weight is 281 g/mol. The molecule has 0 atom stereocenters. The van der Waals surface area contributed by atoms with Gasteiger partial charge in [0.2, 0.25) is 17.6 Å². The fraction of sp³-hybridized carbons (Fsp3) is 0.231. The van der Waals surface area contributed by atoms with Crippen molar-refractivity contribution in [2.24, 2.45) is 0 Å². The van der Waals surface area contributed by atoms with Crippen molar-refractivity contribution in [3.63, 3.8) is 0 Å². The van der Waals surface area contributed by atoms with Crippen molar-refractivity contribution in [2.45, 2.75) is 20.0 Å². The summed E-state index contributed by atoms with van der Waals surface area (Å²) in [6.45, 7) is 3.60. The van der Waals surface area contributed by atoms with Crippen LogP contribution in [0.3, 0.4) is 0 Å². The van der Waals surface area contributed by atoms with Crippen molar-refractivity contribution in [3.8, 4) is 17.5 Å². The van der Waals surface area contributed by atoms with Crippen LogP contribution in [0.5, 0.6) is 17.5 Å². The predicted molar refractivity (Wildman–Crippen MR) is 68.6 cm³/mol. The molecule has 0 saturated carbocycles. The van der Waals surface area contributed by atoms with E-state index >= 15 is 0 Å². The van der Waals surface area contributed by atoms with Gasteiger partial charge < -0.3 is 15.2 Å². The molecule has 0 spiro atoms. The maximum absolute atomic E-state index is 13.5. The highest BCUT2D eigenvalue weighted by Gasteiger charge is 2.16. The number of nitrogens with zero attached hydrogens (tertiary/aromatic N) is 2. The van der Waals surface area contributed by atoms with E-state index in [9.17, 15) is 8.78 Å². The number of ether oxygens (including phenoxy) is 2. The topological polar surface area (TPSA) is 70.3 Å². The van der Waals surface area contributed by atoms with Crippen molar-refractivity contribution in [3.05, 3.63) is 36.2 Å². The first kappa shape index (κ1) is 14.0. The summed E-state index contributed by atoms with van der Waals surface area (Å²) in [5, 5.41) is 0. The highest BCUT2D eigenvalue weighted by atomic mass is 19.2. The second-order valence-corrected chi connectivity index (χ2v) is 4.22. The minimum Gasteiger partial charge on any atom is -0.473 e. The van der Waals surface area contributed by atoms with Gasteiger partial charge in [-0.05, 0) is 26.0 Å². The lowest BCUT2D eigenvalue weighted by Gasteiger charge is -2.13. The quantitative estimate of drug-likeness (QED) is 0.933. The number of rotatable bonds is 4. The van der Waals surface area contributed by atoms with Gasteiger partial charge in [0.05, 0.1) is 6.10 Å². The zero-order valence-electron chi connectivity index (χ0n) is 10.9. The van der Waals surface area contributed by atoms with Crippen molar-refractivity contribution in [1.29, 1.82) is 0 Å². The van der Waals surface area contributed by atoms with Crippen molar-refractivity contribution in [2.75, 3.05) is 5.73 Å². The van der Waals surface area contributed by atoms with Crippen LogP contribution in [-0.2, 0) is 0 Å². The Kier molecular flexibility index (Phi) is 3.97. The SMILES string of the molecule is CC(C)Oc1ncnc(Oc2cccc(F)c2F)c1N. The monoisotopic (exact) mass is 281 g/mol. The Morgan fingerprint density at radius 1 is 1.15 bits per heavy atom. The van der Waals surface area contributed by atoms with Crippen molar-refractivity contribution in [1.82, 2.24) is 9.97 Å². The lowest BCUT2D eigenvalue weighted by Crippen LogP contribution is -2.10. The summed E-state index contributed by atoms with van der Waals surface area (Å²) in [5.74, 6) is -2.42. The van der Waals surface area contributed by atoms with Crippen LogP contribution in [0.1, 0.15) is 13.8 Å². The van der Waals surface area contributed by atoms with Gasteiger partial charge in [0.15, 0.2) is 17.3 Å². The van der Waals surface area contributed by atoms with E-state index in [-0.39, 0.29) is 29.3 Å². The van der Waals surface area contributed by atoms with Crippen LogP contribution in [0.15, 0.2) is 24.5 Å². The minimum atomic E-state index is -1.11. The van der Waals surface area contributed by atoms with E-state index in [2.05, 4.69) is 9.97 Å². The minimum absolute atomic E-state index is 0.0184. The molecule has 106 valence electrons. The van der Waals surface area contributed by atoms with Gasteiger partial charge in [-0.1, -0.05) is 6.07 Å². The van der Waals surface area contributed by atoms with Crippen LogP contribution in [0.2, 0.25) is 0 Å². The summed E-state index contributed by atoms with van der Waals surface area (Å²) in [7, 11) is 0. The molecule has 2 aromatic rings. The molecule has 0 unspecified atom stereocenters. The van der Waals surface area contributed by atoms with Gasteiger partial charge in [-0.15, -0.1) is 0 Å². The molecule has 0 aliphatic carbocycles. The molecule has 5 nitrogen and oxygen atoms in total. The first-order valence-electron chi connectivity index (χ1n) is 5.88. The lowest BCUT2D eigenvalue weighted by atomic mass is 10.3. The number of nitrogens with two attached hydrogens (primary N) is 1. The molecule has 0 aliphatic rings. The molecule has 7 heteroatoms. The second-order valence-electron chi connectivity index (χ2n) is 4.22. The van der Waals surface area contributed by atoms with Gasteiger partial charge in [-0.2, -0.15) is 14.4 Å². The molecule has 1 aromatic heterocycles. The molecule has 0 bridgehead atoms. The number of aromatic nitrogens is 2. The van der Waals surface area contributed by atoms with Gasteiger partial charge in [0, 0.05) is 0 Å². The van der Waals surface area contributed by atoms with Crippen LogP contribution < -0.4 is 15.2 Å². The van der Waals surface area contributed by atoms with Gasteiger partial charge in [0.25, 0.3) is 0 Å². The molecule has 1 aromatic carbocycles. The second kappa shape index (κ2) is 5.68. The summed E-state index contributed by atoms with van der Waals surface area (Å²) in [6, 6.07) is 3.57. The zero-order chi connectivity index (χ0) is 14.7. The van der Waals surface area contributed by atoms with E-state index in [1.54, 1.807) is 13.8 Å². The summed E-state index contributed by atoms with van der Waals surface area (Å²) in [6.07, 6.45) is 1.02. The highest BCUT2D eigenvalue weighted by Crippen LogP contribution is 2.32. The van der Waals surface area contributed by atoms with Crippen LogP contribution in [0.4, 0.5) is 14.5 Å². The highest BCUT2D eigenvalue weighted by molar-refractivity contribution is 5.56. The molecule has 20 heavy (non-hydrogen) atoms. The fourth-order valence-electron chi connectivity index (χ4n) is 1.43. The largest absolute Gasteiger partial charge is 0.473 e. The Bertz CT molecular complexity index is 621. The number of hydrogen-bond acceptors (Lipinski definition) is 5. The van der Waals surface area contributed by atoms with Crippen LogP contribution >= 0.6 is 0 Å². The summed E-state index contributed by atoms with van der Waals surface area (Å²) < 4.78 is 37.1. The summed E-state index contributed by atoms with van der Waals surface area (Å²) >= 11 is 0. The van der Waals surface area contributed by atoms with Gasteiger partial charge in [-0.3, -0.25) is 0 Å². The number of halogens is 2. The Morgan fingerprint density at radius 3 is 2.55 bits per heavy atom. The van der Waals surface area contributed by atoms with E-state index in [0.717, 1.165) is 6.07 Å². The molecular weight excluding hydrogens is 268 g/mol. The molecule has 0 saturated heterocycles. The third kappa shape index (κ3) is 2.93.